The maximum absolute atomic E-state index is 13.8. The molecule has 5 nitrogen and oxygen atoms in total. The van der Waals surface area contributed by atoms with Crippen molar-refractivity contribution < 1.29 is 4.79 Å². The van der Waals surface area contributed by atoms with Crippen LogP contribution < -0.4 is 5.56 Å². The molecule has 1 aliphatic carbocycles. The molecule has 1 aromatic heterocycles. The Morgan fingerprint density at radius 1 is 1.06 bits per heavy atom. The van der Waals surface area contributed by atoms with Crippen molar-refractivity contribution in [3.05, 3.63) is 70.3 Å². The molecule has 0 radical (unpaired) electrons. The third kappa shape index (κ3) is 4.79. The van der Waals surface area contributed by atoms with E-state index in [9.17, 15) is 9.59 Å². The van der Waals surface area contributed by atoms with Crippen LogP contribution in [0.2, 0.25) is 0 Å². The Labute approximate surface area is 202 Å². The van der Waals surface area contributed by atoms with Gasteiger partial charge in [-0.3, -0.25) is 14.2 Å². The molecule has 0 spiro atoms. The Morgan fingerprint density at radius 3 is 2.35 bits per heavy atom. The van der Waals surface area contributed by atoms with E-state index in [1.54, 1.807) is 4.57 Å². The lowest BCUT2D eigenvalue weighted by atomic mass is 10.0. The molecular formula is C29H37N3O2. The molecule has 1 atom stereocenters. The first kappa shape index (κ1) is 24.2. The van der Waals surface area contributed by atoms with Gasteiger partial charge < -0.3 is 4.90 Å². The molecule has 0 saturated heterocycles. The molecule has 0 aliphatic heterocycles. The molecule has 1 saturated carbocycles. The fourth-order valence-electron chi connectivity index (χ4n) is 5.22. The summed E-state index contributed by atoms with van der Waals surface area (Å²) in [6.07, 6.45) is 5.79. The molecule has 3 aromatic rings. The van der Waals surface area contributed by atoms with E-state index < -0.39 is 0 Å². The van der Waals surface area contributed by atoms with E-state index in [1.165, 1.54) is 5.56 Å². The first-order valence-corrected chi connectivity index (χ1v) is 12.9. The molecule has 2 aromatic carbocycles. The quantitative estimate of drug-likeness (QED) is 0.410. The molecule has 180 valence electrons. The average molecular weight is 460 g/mol. The highest BCUT2D eigenvalue weighted by Gasteiger charge is 2.34. The fourth-order valence-corrected chi connectivity index (χ4v) is 5.22. The van der Waals surface area contributed by atoms with Crippen LogP contribution in [-0.2, 0) is 11.2 Å². The third-order valence-electron chi connectivity index (χ3n) is 7.01. The molecule has 1 heterocycles. The smallest absolute Gasteiger partial charge is 0.266 e. The van der Waals surface area contributed by atoms with Gasteiger partial charge in [-0.2, -0.15) is 0 Å². The van der Waals surface area contributed by atoms with Crippen LogP contribution in [0.4, 0.5) is 0 Å². The van der Waals surface area contributed by atoms with Gasteiger partial charge in [0.15, 0.2) is 0 Å². The van der Waals surface area contributed by atoms with Crippen molar-refractivity contribution in [3.8, 4) is 5.69 Å². The first-order chi connectivity index (χ1) is 16.4. The zero-order valence-corrected chi connectivity index (χ0v) is 21.0. The van der Waals surface area contributed by atoms with Crippen molar-refractivity contribution >= 4 is 16.8 Å². The Hall–Kier alpha value is -2.95. The number of aromatic nitrogens is 2. The Bertz CT molecular complexity index is 1190. The van der Waals surface area contributed by atoms with E-state index in [-0.39, 0.29) is 23.4 Å². The van der Waals surface area contributed by atoms with E-state index in [0.717, 1.165) is 37.8 Å². The summed E-state index contributed by atoms with van der Waals surface area (Å²) in [4.78, 5) is 34.6. The highest BCUT2D eigenvalue weighted by atomic mass is 16.2. The van der Waals surface area contributed by atoms with E-state index in [4.69, 9.17) is 4.98 Å². The second-order valence-electron chi connectivity index (χ2n) is 9.94. The number of hydrogen-bond acceptors (Lipinski definition) is 3. The Kier molecular flexibility index (Phi) is 7.50. The van der Waals surface area contributed by atoms with Crippen LogP contribution in [0, 0.1) is 11.8 Å². The maximum Gasteiger partial charge on any atom is 0.266 e. The normalized spacial score (nSPS) is 15.2. The predicted octanol–water partition coefficient (Wildman–Crippen LogP) is 6.07. The van der Waals surface area contributed by atoms with Crippen molar-refractivity contribution in [2.24, 2.45) is 11.8 Å². The molecule has 1 aliphatic rings. The van der Waals surface area contributed by atoms with Gasteiger partial charge in [-0.05, 0) is 61.4 Å². The third-order valence-corrected chi connectivity index (χ3v) is 7.01. The maximum atomic E-state index is 13.8. The van der Waals surface area contributed by atoms with Crippen LogP contribution in [0.5, 0.6) is 0 Å². The van der Waals surface area contributed by atoms with Gasteiger partial charge in [-0.1, -0.05) is 64.8 Å². The zero-order chi connectivity index (χ0) is 24.2. The largest absolute Gasteiger partial charge is 0.332 e. The summed E-state index contributed by atoms with van der Waals surface area (Å²) in [5.41, 5.74) is 2.62. The number of para-hydroxylation sites is 1. The first-order valence-electron chi connectivity index (χ1n) is 12.9. The Morgan fingerprint density at radius 2 is 1.74 bits per heavy atom. The van der Waals surface area contributed by atoms with Gasteiger partial charge in [0.05, 0.1) is 22.6 Å². The van der Waals surface area contributed by atoms with Gasteiger partial charge in [0.1, 0.15) is 5.82 Å². The molecular weight excluding hydrogens is 422 g/mol. The number of hydrogen-bond donors (Lipinski definition) is 0. The number of amides is 1. The van der Waals surface area contributed by atoms with Gasteiger partial charge in [0.2, 0.25) is 5.91 Å². The standard InChI is InChI=1S/C29H37N3O2/c1-5-21-15-17-23(18-16-21)32-27(30-25-14-10-9-13-24(25)29(32)34)26(6-2)31(19-20(3)4)28(33)22-11-7-8-12-22/h9-10,13-18,20,22,26H,5-8,11-12,19H2,1-4H3. The van der Waals surface area contributed by atoms with E-state index >= 15 is 0 Å². The molecule has 34 heavy (non-hydrogen) atoms. The van der Waals surface area contributed by atoms with Crippen LogP contribution in [-0.4, -0.2) is 26.9 Å². The van der Waals surface area contributed by atoms with Crippen molar-refractivity contribution in [2.45, 2.75) is 72.3 Å². The van der Waals surface area contributed by atoms with Crippen LogP contribution in [0.15, 0.2) is 53.3 Å². The monoisotopic (exact) mass is 459 g/mol. The lowest BCUT2D eigenvalue weighted by Crippen LogP contribution is -2.42. The minimum atomic E-state index is -0.265. The second kappa shape index (κ2) is 10.5. The summed E-state index contributed by atoms with van der Waals surface area (Å²) >= 11 is 0. The van der Waals surface area contributed by atoms with Gasteiger partial charge >= 0.3 is 0 Å². The van der Waals surface area contributed by atoms with Gasteiger partial charge in [0, 0.05) is 12.5 Å². The number of carbonyl (C=O) groups is 1. The number of aryl methyl sites for hydroxylation is 1. The summed E-state index contributed by atoms with van der Waals surface area (Å²) in [5, 5.41) is 0.596. The van der Waals surface area contributed by atoms with Gasteiger partial charge in [-0.25, -0.2) is 4.98 Å². The van der Waals surface area contributed by atoms with E-state index in [2.05, 4.69) is 39.8 Å². The van der Waals surface area contributed by atoms with Crippen LogP contribution in [0.25, 0.3) is 16.6 Å². The molecule has 0 bridgehead atoms. The minimum Gasteiger partial charge on any atom is -0.332 e. The van der Waals surface area contributed by atoms with Crippen molar-refractivity contribution in [3.63, 3.8) is 0 Å². The topological polar surface area (TPSA) is 55.2 Å². The minimum absolute atomic E-state index is 0.0808. The van der Waals surface area contributed by atoms with E-state index in [0.29, 0.717) is 35.6 Å². The lowest BCUT2D eigenvalue weighted by molar-refractivity contribution is -0.139. The number of nitrogens with zero attached hydrogens (tertiary/aromatic N) is 3. The highest BCUT2D eigenvalue weighted by molar-refractivity contribution is 5.80. The summed E-state index contributed by atoms with van der Waals surface area (Å²) in [7, 11) is 0. The number of fused-ring (bicyclic) bond motifs is 1. The predicted molar refractivity (Wildman–Crippen MR) is 138 cm³/mol. The van der Waals surface area contributed by atoms with Crippen LogP contribution in [0.3, 0.4) is 0 Å². The molecule has 5 heteroatoms. The van der Waals surface area contributed by atoms with E-state index in [1.807, 2.05) is 41.3 Å². The highest BCUT2D eigenvalue weighted by Crippen LogP contribution is 2.33. The zero-order valence-electron chi connectivity index (χ0n) is 21.0. The van der Waals surface area contributed by atoms with Gasteiger partial charge in [0.25, 0.3) is 5.56 Å². The van der Waals surface area contributed by atoms with Crippen molar-refractivity contribution in [2.75, 3.05) is 6.54 Å². The molecule has 0 N–H and O–H groups in total. The summed E-state index contributed by atoms with van der Waals surface area (Å²) in [6, 6.07) is 15.4. The Balaban J connectivity index is 1.91. The van der Waals surface area contributed by atoms with Crippen molar-refractivity contribution in [1.29, 1.82) is 0 Å². The van der Waals surface area contributed by atoms with Crippen LogP contribution in [0.1, 0.15) is 77.2 Å². The summed E-state index contributed by atoms with van der Waals surface area (Å²) in [6.45, 7) is 9.16. The summed E-state index contributed by atoms with van der Waals surface area (Å²) < 4.78 is 1.74. The number of carbonyl (C=O) groups excluding carboxylic acids is 1. The van der Waals surface area contributed by atoms with Gasteiger partial charge in [-0.15, -0.1) is 0 Å². The molecule has 1 unspecified atom stereocenters. The number of rotatable bonds is 8. The number of benzene rings is 2. The lowest BCUT2D eigenvalue weighted by Gasteiger charge is -2.35. The SMILES string of the molecule is CCc1ccc(-n2c(C(CC)N(CC(C)C)C(=O)C3CCCC3)nc3ccccc3c2=O)cc1. The summed E-state index contributed by atoms with van der Waals surface area (Å²) in [5.74, 6) is 1.27. The molecule has 4 rings (SSSR count). The average Bonchev–Trinajstić information content (AvgIpc) is 3.39. The van der Waals surface area contributed by atoms with Crippen LogP contribution >= 0.6 is 0 Å². The van der Waals surface area contributed by atoms with Crippen molar-refractivity contribution in [1.82, 2.24) is 14.5 Å². The second-order valence-corrected chi connectivity index (χ2v) is 9.94. The molecule has 1 fully saturated rings. The molecule has 1 amide bonds. The fraction of sp³-hybridized carbons (Fsp3) is 0.483.